The van der Waals surface area contributed by atoms with Crippen LogP contribution >= 0.6 is 0 Å². The van der Waals surface area contributed by atoms with Crippen LogP contribution in [0.5, 0.6) is 0 Å². The summed E-state index contributed by atoms with van der Waals surface area (Å²) in [6, 6.07) is 0. The molecule has 5 heteroatoms. The zero-order chi connectivity index (χ0) is 13.3. The van der Waals surface area contributed by atoms with E-state index < -0.39 is 0 Å². The van der Waals surface area contributed by atoms with Gasteiger partial charge in [-0.15, -0.1) is 0 Å². The van der Waals surface area contributed by atoms with Gasteiger partial charge >= 0.3 is 0 Å². The number of hydrogen-bond acceptors (Lipinski definition) is 1. The Hall–Kier alpha value is 1.05. The van der Waals surface area contributed by atoms with Crippen LogP contribution in [-0.4, -0.2) is 70.1 Å². The minimum Gasteiger partial charge on any atom is -1.00 e. The number of rotatable bonds is 4. The topological polar surface area (TPSA) is 17.1 Å². The van der Waals surface area contributed by atoms with E-state index in [1.54, 1.807) is 0 Å². The van der Waals surface area contributed by atoms with Crippen molar-refractivity contribution >= 4 is 5.78 Å². The van der Waals surface area contributed by atoms with Crippen molar-refractivity contribution in [2.24, 2.45) is 11.8 Å². The summed E-state index contributed by atoms with van der Waals surface area (Å²) in [4.78, 5) is 12.5. The molecule has 0 radical (unpaired) electrons. The molecule has 0 aromatic heterocycles. The second kappa shape index (κ2) is 8.48. The Morgan fingerprint density at radius 1 is 0.842 bits per heavy atom. The van der Waals surface area contributed by atoms with E-state index in [1.807, 2.05) is 0 Å². The van der Waals surface area contributed by atoms with Crippen molar-refractivity contribution in [1.82, 2.24) is 0 Å². The van der Waals surface area contributed by atoms with Gasteiger partial charge in [-0.1, -0.05) is 6.42 Å². The van der Waals surface area contributed by atoms with Crippen LogP contribution in [0.1, 0.15) is 19.3 Å². The van der Waals surface area contributed by atoms with Gasteiger partial charge in [-0.05, 0) is 12.8 Å². The molecular formula is C14H30I2N2O. The zero-order valence-corrected chi connectivity index (χ0v) is 17.6. The normalized spacial score (nSPS) is 24.4. The lowest BCUT2D eigenvalue weighted by Crippen LogP contribution is -3.00. The van der Waals surface area contributed by atoms with Crippen LogP contribution in [-0.2, 0) is 4.79 Å². The highest BCUT2D eigenvalue weighted by Gasteiger charge is 2.36. The van der Waals surface area contributed by atoms with Crippen molar-refractivity contribution < 1.29 is 61.7 Å². The number of halogens is 2. The minimum absolute atomic E-state index is 0. The fourth-order valence-electron chi connectivity index (χ4n) is 2.91. The maximum absolute atomic E-state index is 12.5. The van der Waals surface area contributed by atoms with Crippen molar-refractivity contribution in [1.29, 1.82) is 0 Å². The smallest absolute Gasteiger partial charge is 0.150 e. The molecule has 1 rings (SSSR count). The molecule has 1 saturated carbocycles. The molecule has 19 heavy (non-hydrogen) atoms. The van der Waals surface area contributed by atoms with Gasteiger partial charge in [0, 0.05) is 0 Å². The van der Waals surface area contributed by atoms with Crippen LogP contribution < -0.4 is 48.0 Å². The fourth-order valence-corrected chi connectivity index (χ4v) is 2.91. The van der Waals surface area contributed by atoms with E-state index in [-0.39, 0.29) is 48.0 Å². The molecule has 0 aliphatic heterocycles. The van der Waals surface area contributed by atoms with Gasteiger partial charge in [-0.25, -0.2) is 0 Å². The molecule has 1 fully saturated rings. The molecule has 1 aliphatic rings. The quantitative estimate of drug-likeness (QED) is 0.283. The van der Waals surface area contributed by atoms with Crippen molar-refractivity contribution in [3.63, 3.8) is 0 Å². The molecule has 0 saturated heterocycles. The Labute approximate surface area is 153 Å². The summed E-state index contributed by atoms with van der Waals surface area (Å²) in [5.74, 6) is 1.11. The fraction of sp³-hybridized carbons (Fsp3) is 0.929. The standard InChI is InChI=1S/C14H30N2O.2HI/c1-15(2,3)10-12-8-7-9-13(14(12)17)11-16(4,5)6;;/h12-13H,7-11H2,1-6H3;2*1H/q+2;;/p-2. The molecule has 0 N–H and O–H groups in total. The third-order valence-corrected chi connectivity index (χ3v) is 3.45. The predicted molar refractivity (Wildman–Crippen MR) is 71.6 cm³/mol. The number of carbonyl (C=O) groups excluding carboxylic acids is 1. The van der Waals surface area contributed by atoms with Gasteiger partial charge in [0.15, 0.2) is 0 Å². The van der Waals surface area contributed by atoms with Crippen LogP contribution in [0.25, 0.3) is 0 Å². The van der Waals surface area contributed by atoms with Crippen molar-refractivity contribution in [3.05, 3.63) is 0 Å². The first kappa shape index (κ1) is 22.3. The Morgan fingerprint density at radius 2 is 1.16 bits per heavy atom. The Balaban J connectivity index is 0. The molecule has 2 unspecified atom stereocenters. The predicted octanol–water partition coefficient (Wildman–Crippen LogP) is -4.61. The average Bonchev–Trinajstić information content (AvgIpc) is 2.07. The number of ketones is 1. The minimum atomic E-state index is 0. The number of hydrogen-bond donors (Lipinski definition) is 0. The highest BCUT2D eigenvalue weighted by atomic mass is 127. The second-order valence-electron chi connectivity index (χ2n) is 7.67. The molecule has 1 aliphatic carbocycles. The van der Waals surface area contributed by atoms with Gasteiger partial charge < -0.3 is 56.9 Å². The average molecular weight is 496 g/mol. The monoisotopic (exact) mass is 496 g/mol. The number of nitrogens with zero attached hydrogens (tertiary/aromatic N) is 2. The maximum atomic E-state index is 12.5. The lowest BCUT2D eigenvalue weighted by Gasteiger charge is -2.35. The van der Waals surface area contributed by atoms with Crippen LogP contribution in [0.3, 0.4) is 0 Å². The van der Waals surface area contributed by atoms with E-state index in [4.69, 9.17) is 0 Å². The van der Waals surface area contributed by atoms with E-state index in [0.717, 1.165) is 34.9 Å². The third-order valence-electron chi connectivity index (χ3n) is 3.45. The Morgan fingerprint density at radius 3 is 1.42 bits per heavy atom. The first-order valence-electron chi connectivity index (χ1n) is 6.73. The molecule has 0 amide bonds. The Kier molecular flexibility index (Phi) is 9.97. The van der Waals surface area contributed by atoms with Crippen molar-refractivity contribution in [3.8, 4) is 0 Å². The van der Waals surface area contributed by atoms with Gasteiger partial charge in [0.2, 0.25) is 0 Å². The molecule has 0 spiro atoms. The second-order valence-corrected chi connectivity index (χ2v) is 7.67. The van der Waals surface area contributed by atoms with Gasteiger partial charge in [-0.3, -0.25) is 4.79 Å². The zero-order valence-electron chi connectivity index (χ0n) is 13.2. The van der Waals surface area contributed by atoms with Crippen LogP contribution in [0.15, 0.2) is 0 Å². The third kappa shape index (κ3) is 8.83. The number of carbonyl (C=O) groups is 1. The number of Topliss-reactive ketones (excluding diaryl/α,β-unsaturated/α-hetero) is 1. The SMILES string of the molecule is C[N+](C)(C)CC1CCCC(C[N+](C)(C)C)C1=O.[I-].[I-]. The molecule has 2 atom stereocenters. The van der Waals surface area contributed by atoms with E-state index in [1.165, 1.54) is 6.42 Å². The number of quaternary nitrogens is 2. The molecule has 0 bridgehead atoms. The van der Waals surface area contributed by atoms with Gasteiger partial charge in [0.1, 0.15) is 5.78 Å². The largest absolute Gasteiger partial charge is 1.00 e. The lowest BCUT2D eigenvalue weighted by molar-refractivity contribution is -0.874. The molecular weight excluding hydrogens is 466 g/mol. The molecule has 0 aromatic rings. The Bertz CT molecular complexity index is 256. The van der Waals surface area contributed by atoms with Gasteiger partial charge in [0.25, 0.3) is 0 Å². The van der Waals surface area contributed by atoms with E-state index in [2.05, 4.69) is 42.3 Å². The van der Waals surface area contributed by atoms with Crippen molar-refractivity contribution in [2.75, 3.05) is 55.4 Å². The highest BCUT2D eigenvalue weighted by Crippen LogP contribution is 2.28. The summed E-state index contributed by atoms with van der Waals surface area (Å²) >= 11 is 0. The van der Waals surface area contributed by atoms with Gasteiger partial charge in [-0.2, -0.15) is 0 Å². The summed E-state index contributed by atoms with van der Waals surface area (Å²) in [5, 5.41) is 0. The summed E-state index contributed by atoms with van der Waals surface area (Å²) in [7, 11) is 13.1. The summed E-state index contributed by atoms with van der Waals surface area (Å²) < 4.78 is 1.79. The molecule has 116 valence electrons. The molecule has 0 aromatic carbocycles. The van der Waals surface area contributed by atoms with E-state index in [0.29, 0.717) is 17.6 Å². The van der Waals surface area contributed by atoms with Crippen LogP contribution in [0.2, 0.25) is 0 Å². The highest BCUT2D eigenvalue weighted by molar-refractivity contribution is 5.84. The van der Waals surface area contributed by atoms with E-state index >= 15 is 0 Å². The maximum Gasteiger partial charge on any atom is 0.150 e. The van der Waals surface area contributed by atoms with Gasteiger partial charge in [0.05, 0.1) is 67.2 Å². The first-order valence-corrected chi connectivity index (χ1v) is 6.73. The van der Waals surface area contributed by atoms with E-state index in [9.17, 15) is 4.79 Å². The first-order chi connectivity index (χ1) is 7.58. The summed E-state index contributed by atoms with van der Waals surface area (Å²) in [5.41, 5.74) is 0. The lowest BCUT2D eigenvalue weighted by atomic mass is 9.79. The summed E-state index contributed by atoms with van der Waals surface area (Å²) in [6.45, 7) is 1.99. The van der Waals surface area contributed by atoms with Crippen molar-refractivity contribution in [2.45, 2.75) is 19.3 Å². The molecule has 0 heterocycles. The van der Waals surface area contributed by atoms with Crippen LogP contribution in [0.4, 0.5) is 0 Å². The summed E-state index contributed by atoms with van der Waals surface area (Å²) in [6.07, 6.45) is 3.42. The molecule has 3 nitrogen and oxygen atoms in total. The van der Waals surface area contributed by atoms with Crippen LogP contribution in [0, 0.1) is 11.8 Å².